The first kappa shape index (κ1) is 21.4. The second-order valence-electron chi connectivity index (χ2n) is 4.76. The molecule has 0 saturated carbocycles. The molecule has 0 radical (unpaired) electrons. The first-order valence-corrected chi connectivity index (χ1v) is 8.28. The molecule has 25 heavy (non-hydrogen) atoms. The molecule has 0 fully saturated rings. The fourth-order valence-electron chi connectivity index (χ4n) is 1.96. The number of hydrogen-bond donors (Lipinski definition) is 2. The average molecular weight is 477 g/mol. The van der Waals surface area contributed by atoms with Crippen molar-refractivity contribution < 1.29 is 13.9 Å². The Kier molecular flexibility index (Phi) is 9.43. The van der Waals surface area contributed by atoms with Crippen molar-refractivity contribution in [2.75, 3.05) is 31.8 Å². The summed E-state index contributed by atoms with van der Waals surface area (Å²) in [5, 5.41) is 3.01. The maximum Gasteiger partial charge on any atom is 0.193 e. The van der Waals surface area contributed by atoms with E-state index in [2.05, 4.69) is 10.3 Å². The number of benzene rings is 2. The highest BCUT2D eigenvalue weighted by Crippen LogP contribution is 2.29. The lowest BCUT2D eigenvalue weighted by Crippen LogP contribution is -2.23. The van der Waals surface area contributed by atoms with Crippen LogP contribution in [0.1, 0.15) is 0 Å². The molecule has 0 saturated heterocycles. The van der Waals surface area contributed by atoms with Gasteiger partial charge in [-0.1, -0.05) is 0 Å². The molecule has 0 atom stereocenters. The number of nitrogens with two attached hydrogens (primary N) is 1. The van der Waals surface area contributed by atoms with Crippen molar-refractivity contribution in [3.8, 4) is 11.5 Å². The minimum atomic E-state index is -0.235. The van der Waals surface area contributed by atoms with Crippen molar-refractivity contribution in [2.45, 2.75) is 4.90 Å². The third-order valence-corrected chi connectivity index (χ3v) is 4.10. The van der Waals surface area contributed by atoms with Gasteiger partial charge in [0.25, 0.3) is 0 Å². The van der Waals surface area contributed by atoms with E-state index in [0.717, 1.165) is 16.3 Å². The van der Waals surface area contributed by atoms with Crippen molar-refractivity contribution in [2.24, 2.45) is 10.7 Å². The predicted octanol–water partition coefficient (Wildman–Crippen LogP) is 3.98. The van der Waals surface area contributed by atoms with E-state index in [9.17, 15) is 4.39 Å². The summed E-state index contributed by atoms with van der Waals surface area (Å²) < 4.78 is 23.2. The van der Waals surface area contributed by atoms with Gasteiger partial charge in [0.15, 0.2) is 17.5 Å². The number of nitrogens with one attached hydrogen (secondary N) is 1. The van der Waals surface area contributed by atoms with E-state index in [-0.39, 0.29) is 29.8 Å². The third-order valence-electron chi connectivity index (χ3n) is 3.11. The van der Waals surface area contributed by atoms with Crippen molar-refractivity contribution >= 4 is 47.4 Å². The van der Waals surface area contributed by atoms with E-state index in [1.165, 1.54) is 12.1 Å². The Morgan fingerprint density at radius 3 is 2.44 bits per heavy atom. The maximum atomic E-state index is 12.8. The zero-order valence-electron chi connectivity index (χ0n) is 14.0. The number of hydrogen-bond acceptors (Lipinski definition) is 4. The molecule has 2 aromatic carbocycles. The van der Waals surface area contributed by atoms with Gasteiger partial charge in [-0.15, -0.1) is 35.7 Å². The van der Waals surface area contributed by atoms with Gasteiger partial charge in [0, 0.05) is 22.4 Å². The minimum absolute atomic E-state index is 0. The molecule has 0 bridgehead atoms. The first-order chi connectivity index (χ1) is 11.6. The topological polar surface area (TPSA) is 68.9 Å². The summed E-state index contributed by atoms with van der Waals surface area (Å²) in [5.74, 6) is 2.10. The van der Waals surface area contributed by atoms with E-state index in [1.807, 2.05) is 6.07 Å². The molecule has 0 heterocycles. The third kappa shape index (κ3) is 6.99. The molecule has 8 heteroatoms. The quantitative estimate of drug-likeness (QED) is 0.208. The van der Waals surface area contributed by atoms with Crippen LogP contribution in [0.15, 0.2) is 52.4 Å². The first-order valence-electron chi connectivity index (χ1n) is 7.29. The number of aliphatic imine (C=N–C) groups is 1. The molecule has 0 amide bonds. The molecule has 0 aliphatic rings. The van der Waals surface area contributed by atoms with E-state index < -0.39 is 0 Å². The average Bonchev–Trinajstić information content (AvgIpc) is 2.60. The number of methoxy groups -OCH3 is 2. The van der Waals surface area contributed by atoms with Gasteiger partial charge in [0.2, 0.25) is 0 Å². The highest BCUT2D eigenvalue weighted by Gasteiger charge is 2.05. The van der Waals surface area contributed by atoms with Gasteiger partial charge >= 0.3 is 0 Å². The molecule has 2 rings (SSSR count). The molecule has 3 N–H and O–H groups in total. The number of rotatable bonds is 7. The van der Waals surface area contributed by atoms with Crippen molar-refractivity contribution in [3.05, 3.63) is 48.3 Å². The molecule has 0 aliphatic heterocycles. The number of thioether (sulfide) groups is 1. The van der Waals surface area contributed by atoms with E-state index in [1.54, 1.807) is 50.2 Å². The molecule has 136 valence electrons. The molecule has 0 unspecified atom stereocenters. The molecular weight excluding hydrogens is 456 g/mol. The van der Waals surface area contributed by atoms with Crippen molar-refractivity contribution in [1.29, 1.82) is 0 Å². The maximum absolute atomic E-state index is 12.8. The smallest absolute Gasteiger partial charge is 0.193 e. The molecule has 5 nitrogen and oxygen atoms in total. The number of ether oxygens (including phenoxy) is 2. The highest BCUT2D eigenvalue weighted by atomic mass is 127. The molecule has 2 aromatic rings. The summed E-state index contributed by atoms with van der Waals surface area (Å²) in [5.41, 5.74) is 6.64. The fraction of sp³-hybridized carbons (Fsp3) is 0.235. The van der Waals surface area contributed by atoms with Crippen LogP contribution < -0.4 is 20.5 Å². The number of halogens is 2. The number of nitrogens with zero attached hydrogens (tertiary/aromatic N) is 1. The Balaban J connectivity index is 0.00000312. The van der Waals surface area contributed by atoms with Crippen LogP contribution in [0, 0.1) is 5.82 Å². The summed E-state index contributed by atoms with van der Waals surface area (Å²) in [6, 6.07) is 11.8. The molecule has 0 aliphatic carbocycles. The Bertz CT molecular complexity index is 699. The van der Waals surface area contributed by atoms with Gasteiger partial charge in [-0.3, -0.25) is 4.99 Å². The van der Waals surface area contributed by atoms with Gasteiger partial charge < -0.3 is 20.5 Å². The lowest BCUT2D eigenvalue weighted by Gasteiger charge is -2.10. The van der Waals surface area contributed by atoms with Gasteiger partial charge in [0.05, 0.1) is 20.8 Å². The molecular formula is C17H21FIN3O2S. The van der Waals surface area contributed by atoms with Gasteiger partial charge in [-0.25, -0.2) is 4.39 Å². The summed E-state index contributed by atoms with van der Waals surface area (Å²) in [6.07, 6.45) is 0. The van der Waals surface area contributed by atoms with Crippen molar-refractivity contribution in [3.63, 3.8) is 0 Å². The largest absolute Gasteiger partial charge is 0.493 e. The van der Waals surface area contributed by atoms with Gasteiger partial charge in [-0.05, 0) is 36.4 Å². The van der Waals surface area contributed by atoms with Crippen LogP contribution >= 0.6 is 35.7 Å². The SMILES string of the molecule is COc1ccc(NC(N)=NCCSc2ccc(F)cc2)cc1OC.I. The summed E-state index contributed by atoms with van der Waals surface area (Å²) in [7, 11) is 3.16. The van der Waals surface area contributed by atoms with Crippen LogP contribution in [0.25, 0.3) is 0 Å². The predicted molar refractivity (Wildman–Crippen MR) is 112 cm³/mol. The van der Waals surface area contributed by atoms with Crippen molar-refractivity contribution in [1.82, 2.24) is 0 Å². The van der Waals surface area contributed by atoms with Gasteiger partial charge in [-0.2, -0.15) is 0 Å². The number of anilines is 1. The second-order valence-corrected chi connectivity index (χ2v) is 5.93. The van der Waals surface area contributed by atoms with Crippen LogP contribution in [0.2, 0.25) is 0 Å². The Labute approximate surface area is 168 Å². The monoisotopic (exact) mass is 477 g/mol. The zero-order valence-corrected chi connectivity index (χ0v) is 17.1. The molecule has 0 aromatic heterocycles. The Hall–Kier alpha value is -1.68. The summed E-state index contributed by atoms with van der Waals surface area (Å²) >= 11 is 1.59. The van der Waals surface area contributed by atoms with Crippen LogP contribution in [0.3, 0.4) is 0 Å². The van der Waals surface area contributed by atoms with Crippen LogP contribution in [-0.2, 0) is 0 Å². The summed E-state index contributed by atoms with van der Waals surface area (Å²) in [4.78, 5) is 5.26. The molecule has 0 spiro atoms. The van der Waals surface area contributed by atoms with Gasteiger partial charge in [0.1, 0.15) is 5.82 Å². The Morgan fingerprint density at radius 1 is 1.12 bits per heavy atom. The lowest BCUT2D eigenvalue weighted by atomic mass is 10.3. The van der Waals surface area contributed by atoms with E-state index >= 15 is 0 Å². The van der Waals surface area contributed by atoms with Crippen LogP contribution in [0.5, 0.6) is 11.5 Å². The highest BCUT2D eigenvalue weighted by molar-refractivity contribution is 14.0. The lowest BCUT2D eigenvalue weighted by molar-refractivity contribution is 0.355. The summed E-state index contributed by atoms with van der Waals surface area (Å²) in [6.45, 7) is 0.550. The zero-order chi connectivity index (χ0) is 17.4. The standard InChI is InChI=1S/C17H20FN3O2S.HI/c1-22-15-8-5-13(11-16(15)23-2)21-17(19)20-9-10-24-14-6-3-12(18)4-7-14;/h3-8,11H,9-10H2,1-2H3,(H3,19,20,21);1H. The van der Waals surface area contributed by atoms with Crippen LogP contribution in [-0.4, -0.2) is 32.5 Å². The normalized spacial score (nSPS) is 10.8. The number of guanidine groups is 1. The Morgan fingerprint density at radius 2 is 1.80 bits per heavy atom. The van der Waals surface area contributed by atoms with Crippen LogP contribution in [0.4, 0.5) is 10.1 Å². The fourth-order valence-corrected chi connectivity index (χ4v) is 2.71. The minimum Gasteiger partial charge on any atom is -0.493 e. The van der Waals surface area contributed by atoms with E-state index in [0.29, 0.717) is 24.0 Å². The van der Waals surface area contributed by atoms with E-state index in [4.69, 9.17) is 15.2 Å². The second kappa shape index (κ2) is 11.0.